The van der Waals surface area contributed by atoms with Gasteiger partial charge in [0.05, 0.1) is 15.2 Å². The van der Waals surface area contributed by atoms with E-state index in [1.165, 1.54) is 11.3 Å². The van der Waals surface area contributed by atoms with Crippen molar-refractivity contribution < 1.29 is 13.9 Å². The van der Waals surface area contributed by atoms with Crippen LogP contribution in [-0.2, 0) is 24.4 Å². The molecule has 31 heavy (non-hydrogen) atoms. The number of fused-ring (bicyclic) bond motifs is 2. The highest BCUT2D eigenvalue weighted by atomic mass is 32.1. The molecule has 1 aromatic carbocycles. The number of nitrogens with zero attached hydrogens (tertiary/aromatic N) is 4. The molecule has 0 saturated carbocycles. The Hall–Kier alpha value is -2.58. The number of pyridine rings is 1. The summed E-state index contributed by atoms with van der Waals surface area (Å²) in [4.78, 5) is 24.6. The maximum Gasteiger partial charge on any atom is 0.220 e. The van der Waals surface area contributed by atoms with Crippen LogP contribution >= 0.6 is 11.3 Å². The molecule has 0 bridgehead atoms. The summed E-state index contributed by atoms with van der Waals surface area (Å²) in [5.41, 5.74) is 3.70. The molecule has 4 heterocycles. The highest BCUT2D eigenvalue weighted by molar-refractivity contribution is 7.18. The maximum absolute atomic E-state index is 14.7. The van der Waals surface area contributed by atoms with Gasteiger partial charge in [-0.15, -0.1) is 11.3 Å². The molecule has 1 saturated heterocycles. The van der Waals surface area contributed by atoms with Gasteiger partial charge in [-0.05, 0) is 37.1 Å². The predicted octanol–water partition coefficient (Wildman–Crippen LogP) is 4.04. The number of rotatable bonds is 4. The zero-order valence-corrected chi connectivity index (χ0v) is 18.7. The topological polar surface area (TPSA) is 58.6 Å². The molecule has 3 aromatic rings. The van der Waals surface area contributed by atoms with Gasteiger partial charge < -0.3 is 9.64 Å². The van der Waals surface area contributed by atoms with Crippen LogP contribution in [0.25, 0.3) is 10.2 Å². The second kappa shape index (κ2) is 7.84. The SMILES string of the molecule is CC(=O)N1Cc2cnc(O[C@@H]3C[C@H](C)N(Cc4cc5nc(C)sc5cc4F)C3)cc2C1. The van der Waals surface area contributed by atoms with Gasteiger partial charge in [0.15, 0.2) is 0 Å². The molecule has 1 amide bonds. The first-order valence-corrected chi connectivity index (χ1v) is 11.4. The van der Waals surface area contributed by atoms with Gasteiger partial charge in [-0.2, -0.15) is 0 Å². The van der Waals surface area contributed by atoms with E-state index in [0.717, 1.165) is 32.8 Å². The van der Waals surface area contributed by atoms with Crippen LogP contribution in [0.3, 0.4) is 0 Å². The van der Waals surface area contributed by atoms with Crippen molar-refractivity contribution in [2.75, 3.05) is 6.54 Å². The van der Waals surface area contributed by atoms with Gasteiger partial charge in [-0.3, -0.25) is 9.69 Å². The first kappa shape index (κ1) is 20.3. The molecule has 1 fully saturated rings. The second-order valence-electron chi connectivity index (χ2n) is 8.56. The predicted molar refractivity (Wildman–Crippen MR) is 117 cm³/mol. The molecule has 8 heteroatoms. The molecule has 5 rings (SSSR count). The summed E-state index contributed by atoms with van der Waals surface area (Å²) in [6.45, 7) is 8.14. The monoisotopic (exact) mass is 440 g/mol. The highest BCUT2D eigenvalue weighted by Gasteiger charge is 2.32. The highest BCUT2D eigenvalue weighted by Crippen LogP contribution is 2.30. The lowest BCUT2D eigenvalue weighted by Gasteiger charge is -2.21. The van der Waals surface area contributed by atoms with Crippen molar-refractivity contribution in [2.45, 2.75) is 59.0 Å². The third-order valence-corrected chi connectivity index (χ3v) is 7.15. The van der Waals surface area contributed by atoms with E-state index < -0.39 is 0 Å². The van der Waals surface area contributed by atoms with Crippen molar-refractivity contribution in [2.24, 2.45) is 0 Å². The smallest absolute Gasteiger partial charge is 0.220 e. The van der Waals surface area contributed by atoms with Crippen molar-refractivity contribution in [3.05, 3.63) is 51.9 Å². The number of aromatic nitrogens is 2. The Morgan fingerprint density at radius 3 is 2.90 bits per heavy atom. The number of amides is 1. The van der Waals surface area contributed by atoms with Crippen LogP contribution in [0.2, 0.25) is 0 Å². The fraction of sp³-hybridized carbons (Fsp3) is 0.435. The second-order valence-corrected chi connectivity index (χ2v) is 9.80. The van der Waals surface area contributed by atoms with Crippen LogP contribution in [0.15, 0.2) is 24.4 Å². The number of benzene rings is 1. The molecular weight excluding hydrogens is 415 g/mol. The maximum atomic E-state index is 14.7. The van der Waals surface area contributed by atoms with Crippen LogP contribution in [0.1, 0.15) is 42.0 Å². The lowest BCUT2D eigenvalue weighted by Crippen LogP contribution is -2.28. The summed E-state index contributed by atoms with van der Waals surface area (Å²) < 4.78 is 21.7. The average Bonchev–Trinajstić information content (AvgIpc) is 3.38. The van der Waals surface area contributed by atoms with E-state index in [1.54, 1.807) is 17.9 Å². The summed E-state index contributed by atoms with van der Waals surface area (Å²) in [6.07, 6.45) is 2.67. The Bertz CT molecular complexity index is 1160. The average molecular weight is 441 g/mol. The van der Waals surface area contributed by atoms with Crippen LogP contribution in [0.4, 0.5) is 4.39 Å². The van der Waals surface area contributed by atoms with Gasteiger partial charge in [-0.25, -0.2) is 14.4 Å². The molecule has 0 N–H and O–H groups in total. The fourth-order valence-electron chi connectivity index (χ4n) is 4.52. The zero-order valence-electron chi connectivity index (χ0n) is 17.9. The van der Waals surface area contributed by atoms with Crippen LogP contribution in [-0.4, -0.2) is 44.4 Å². The molecule has 0 spiro atoms. The number of hydrogen-bond donors (Lipinski definition) is 0. The number of carbonyl (C=O) groups excluding carboxylic acids is 1. The van der Waals surface area contributed by atoms with E-state index in [2.05, 4.69) is 21.8 Å². The fourth-order valence-corrected chi connectivity index (χ4v) is 5.35. The quantitative estimate of drug-likeness (QED) is 0.613. The lowest BCUT2D eigenvalue weighted by molar-refractivity contribution is -0.129. The van der Waals surface area contributed by atoms with Gasteiger partial charge >= 0.3 is 0 Å². The van der Waals surface area contributed by atoms with E-state index in [1.807, 2.05) is 25.3 Å². The van der Waals surface area contributed by atoms with E-state index in [9.17, 15) is 9.18 Å². The van der Waals surface area contributed by atoms with E-state index >= 15 is 0 Å². The molecule has 162 valence electrons. The van der Waals surface area contributed by atoms with Gasteiger partial charge in [0.2, 0.25) is 11.8 Å². The summed E-state index contributed by atoms with van der Waals surface area (Å²) in [6, 6.07) is 5.70. The Kier molecular flexibility index (Phi) is 5.14. The van der Waals surface area contributed by atoms with Crippen LogP contribution in [0.5, 0.6) is 5.88 Å². The van der Waals surface area contributed by atoms with Crippen molar-refractivity contribution in [3.8, 4) is 5.88 Å². The number of likely N-dealkylation sites (tertiary alicyclic amines) is 1. The molecule has 6 nitrogen and oxygen atoms in total. The van der Waals surface area contributed by atoms with Gasteiger partial charge in [-0.1, -0.05) is 0 Å². The molecule has 2 aromatic heterocycles. The third-order valence-electron chi connectivity index (χ3n) is 6.22. The first-order chi connectivity index (χ1) is 14.9. The van der Waals surface area contributed by atoms with Crippen molar-refractivity contribution in [1.29, 1.82) is 0 Å². The standard InChI is InChI=1S/C23H25FN4O2S/c1-13-4-19(30-23-6-16-9-28(15(3)29)11-18(16)8-25-23)12-27(13)10-17-5-21-22(7-20(17)24)31-14(2)26-21/h5-8,13,19H,4,9-12H2,1-3H3/t13-,19+/m0/s1. The molecule has 2 atom stereocenters. The molecule has 2 aliphatic heterocycles. The van der Waals surface area contributed by atoms with Gasteiger partial charge in [0, 0.05) is 63.4 Å². The number of aryl methyl sites for hydroxylation is 1. The molecular formula is C23H25FN4O2S. The third kappa shape index (κ3) is 4.02. The lowest BCUT2D eigenvalue weighted by atomic mass is 10.1. The summed E-state index contributed by atoms with van der Waals surface area (Å²) in [5.74, 6) is 0.481. The molecule has 0 aliphatic carbocycles. The van der Waals surface area contributed by atoms with Crippen LogP contribution < -0.4 is 4.74 Å². The minimum Gasteiger partial charge on any atom is -0.473 e. The van der Waals surface area contributed by atoms with Crippen molar-refractivity contribution >= 4 is 27.5 Å². The van der Waals surface area contributed by atoms with Crippen molar-refractivity contribution in [1.82, 2.24) is 19.8 Å². The van der Waals surface area contributed by atoms with E-state index in [4.69, 9.17) is 4.74 Å². The molecule has 2 aliphatic rings. The number of carbonyl (C=O) groups is 1. The van der Waals surface area contributed by atoms with Crippen LogP contribution in [0, 0.1) is 12.7 Å². The number of thiazole rings is 1. The first-order valence-electron chi connectivity index (χ1n) is 10.6. The minimum absolute atomic E-state index is 0.000766. The molecule has 0 unspecified atom stereocenters. The number of halogens is 1. The normalized spacial score (nSPS) is 21.1. The summed E-state index contributed by atoms with van der Waals surface area (Å²) >= 11 is 1.52. The minimum atomic E-state index is -0.178. The largest absolute Gasteiger partial charge is 0.473 e. The zero-order chi connectivity index (χ0) is 21.7. The Labute approximate surface area is 184 Å². The number of hydrogen-bond acceptors (Lipinski definition) is 6. The Morgan fingerprint density at radius 2 is 2.10 bits per heavy atom. The Morgan fingerprint density at radius 1 is 1.29 bits per heavy atom. The van der Waals surface area contributed by atoms with Crippen molar-refractivity contribution in [3.63, 3.8) is 0 Å². The number of ether oxygens (including phenoxy) is 1. The molecule has 0 radical (unpaired) electrons. The van der Waals surface area contributed by atoms with Gasteiger partial charge in [0.1, 0.15) is 11.9 Å². The van der Waals surface area contributed by atoms with Gasteiger partial charge in [0.25, 0.3) is 0 Å². The van der Waals surface area contributed by atoms with E-state index in [-0.39, 0.29) is 23.9 Å². The van der Waals surface area contributed by atoms with E-state index in [0.29, 0.717) is 37.6 Å². The summed E-state index contributed by atoms with van der Waals surface area (Å²) in [5, 5.41) is 0.947. The Balaban J connectivity index is 1.26. The summed E-state index contributed by atoms with van der Waals surface area (Å²) in [7, 11) is 0.